The molecule has 8 heteroatoms. The maximum Gasteiger partial charge on any atom is 0.273 e. The fourth-order valence-electron chi connectivity index (χ4n) is 2.45. The monoisotopic (exact) mass is 376 g/mol. The molecule has 0 atom stereocenters. The number of nitrogens with one attached hydrogen (secondary N) is 1. The summed E-state index contributed by atoms with van der Waals surface area (Å²) >= 11 is 0. The van der Waals surface area contributed by atoms with Crippen molar-refractivity contribution in [1.82, 2.24) is 3.97 Å². The van der Waals surface area contributed by atoms with E-state index in [1.165, 1.54) is 24.3 Å². The molecule has 0 radical (unpaired) electrons. The van der Waals surface area contributed by atoms with Crippen molar-refractivity contribution in [3.63, 3.8) is 0 Å². The van der Waals surface area contributed by atoms with Gasteiger partial charge in [0.15, 0.2) is 0 Å². The molecular formula is C18H14F2N2O3S. The van der Waals surface area contributed by atoms with Crippen molar-refractivity contribution in [2.75, 3.05) is 5.32 Å². The van der Waals surface area contributed by atoms with Gasteiger partial charge in [0.2, 0.25) is 0 Å². The van der Waals surface area contributed by atoms with Gasteiger partial charge in [-0.1, -0.05) is 36.4 Å². The van der Waals surface area contributed by atoms with Crippen LogP contribution in [0.2, 0.25) is 0 Å². The zero-order valence-electron chi connectivity index (χ0n) is 13.3. The maximum absolute atomic E-state index is 13.3. The highest BCUT2D eigenvalue weighted by Crippen LogP contribution is 2.28. The fourth-order valence-corrected chi connectivity index (χ4v) is 3.83. The third-order valence-corrected chi connectivity index (χ3v) is 5.36. The zero-order chi connectivity index (χ0) is 18.7. The first-order valence-corrected chi connectivity index (χ1v) is 9.01. The highest BCUT2D eigenvalue weighted by Gasteiger charge is 2.29. The van der Waals surface area contributed by atoms with Gasteiger partial charge in [0, 0.05) is 17.4 Å². The topological polar surface area (TPSA) is 68.2 Å². The van der Waals surface area contributed by atoms with Crippen LogP contribution in [-0.4, -0.2) is 18.3 Å². The Bertz CT molecular complexity index is 1020. The molecule has 26 heavy (non-hydrogen) atoms. The number of hydrogen-bond acceptors (Lipinski definition) is 3. The summed E-state index contributed by atoms with van der Waals surface area (Å²) < 4.78 is 52.8. The Kier molecular flexibility index (Phi) is 4.85. The lowest BCUT2D eigenvalue weighted by Gasteiger charge is -2.12. The first-order valence-electron chi connectivity index (χ1n) is 7.57. The SMILES string of the molecule is O=C(Nc1ccccc1)c1c(C(F)F)ccn1S(=O)(=O)c1ccccc1. The number of carbonyl (C=O) groups excluding carboxylic acids is 1. The average molecular weight is 376 g/mol. The third kappa shape index (κ3) is 3.36. The van der Waals surface area contributed by atoms with Crippen molar-refractivity contribution in [2.45, 2.75) is 11.3 Å². The third-order valence-electron chi connectivity index (χ3n) is 3.67. The van der Waals surface area contributed by atoms with Crippen LogP contribution < -0.4 is 5.32 Å². The van der Waals surface area contributed by atoms with Crippen LogP contribution in [0.4, 0.5) is 14.5 Å². The van der Waals surface area contributed by atoms with Gasteiger partial charge in [0.05, 0.1) is 4.90 Å². The Morgan fingerprint density at radius 1 is 0.923 bits per heavy atom. The van der Waals surface area contributed by atoms with Crippen molar-refractivity contribution >= 4 is 21.6 Å². The quantitative estimate of drug-likeness (QED) is 0.734. The molecule has 0 unspecified atom stereocenters. The molecule has 3 rings (SSSR count). The summed E-state index contributed by atoms with van der Waals surface area (Å²) in [6, 6.07) is 16.4. The van der Waals surface area contributed by atoms with Crippen molar-refractivity contribution in [1.29, 1.82) is 0 Å². The smallest absolute Gasteiger partial charge is 0.273 e. The van der Waals surface area contributed by atoms with Crippen LogP contribution in [-0.2, 0) is 10.0 Å². The van der Waals surface area contributed by atoms with E-state index in [4.69, 9.17) is 0 Å². The molecule has 0 saturated heterocycles. The van der Waals surface area contributed by atoms with Gasteiger partial charge < -0.3 is 5.32 Å². The van der Waals surface area contributed by atoms with E-state index in [1.807, 2.05) is 0 Å². The molecule has 5 nitrogen and oxygen atoms in total. The van der Waals surface area contributed by atoms with Gasteiger partial charge in [-0.3, -0.25) is 4.79 Å². The summed E-state index contributed by atoms with van der Waals surface area (Å²) in [7, 11) is -4.20. The van der Waals surface area contributed by atoms with E-state index in [0.29, 0.717) is 9.66 Å². The second-order valence-electron chi connectivity index (χ2n) is 5.35. The van der Waals surface area contributed by atoms with Crippen molar-refractivity contribution in [3.8, 4) is 0 Å². The number of alkyl halides is 2. The number of aromatic nitrogens is 1. The molecule has 1 aromatic heterocycles. The molecule has 0 aliphatic rings. The van der Waals surface area contributed by atoms with Crippen LogP contribution in [0.1, 0.15) is 22.5 Å². The number of carbonyl (C=O) groups is 1. The Balaban J connectivity index is 2.09. The summed E-state index contributed by atoms with van der Waals surface area (Å²) in [5, 5.41) is 2.45. The first-order chi connectivity index (χ1) is 12.4. The van der Waals surface area contributed by atoms with E-state index < -0.39 is 33.6 Å². The van der Waals surface area contributed by atoms with Crippen LogP contribution in [0.5, 0.6) is 0 Å². The number of para-hydroxylation sites is 1. The molecule has 0 spiro atoms. The largest absolute Gasteiger partial charge is 0.321 e. The second kappa shape index (κ2) is 7.09. The van der Waals surface area contributed by atoms with Gasteiger partial charge in [-0.2, -0.15) is 0 Å². The van der Waals surface area contributed by atoms with E-state index >= 15 is 0 Å². The summed E-state index contributed by atoms with van der Waals surface area (Å²) in [6.07, 6.45) is -2.04. The molecule has 0 fully saturated rings. The molecule has 0 saturated carbocycles. The van der Waals surface area contributed by atoms with Crippen LogP contribution >= 0.6 is 0 Å². The maximum atomic E-state index is 13.3. The van der Waals surface area contributed by atoms with E-state index in [1.54, 1.807) is 36.4 Å². The highest BCUT2D eigenvalue weighted by molar-refractivity contribution is 7.90. The molecule has 1 amide bonds. The van der Waals surface area contributed by atoms with Gasteiger partial charge in [-0.15, -0.1) is 0 Å². The van der Waals surface area contributed by atoms with Crippen LogP contribution in [0, 0.1) is 0 Å². The number of benzene rings is 2. The van der Waals surface area contributed by atoms with Crippen LogP contribution in [0.15, 0.2) is 77.8 Å². The summed E-state index contributed by atoms with van der Waals surface area (Å²) in [4.78, 5) is 12.5. The number of halogens is 2. The number of hydrogen-bond donors (Lipinski definition) is 1. The van der Waals surface area contributed by atoms with Gasteiger partial charge in [-0.25, -0.2) is 21.2 Å². The molecule has 134 valence electrons. The van der Waals surface area contributed by atoms with Gasteiger partial charge in [-0.05, 0) is 30.3 Å². The second-order valence-corrected chi connectivity index (χ2v) is 7.17. The Hall–Kier alpha value is -3.00. The average Bonchev–Trinajstić information content (AvgIpc) is 3.10. The number of nitrogens with zero attached hydrogens (tertiary/aromatic N) is 1. The molecule has 1 heterocycles. The normalized spacial score (nSPS) is 11.5. The molecule has 1 N–H and O–H groups in total. The van der Waals surface area contributed by atoms with E-state index in [9.17, 15) is 22.0 Å². The predicted molar refractivity (Wildman–Crippen MR) is 92.8 cm³/mol. The fraction of sp³-hybridized carbons (Fsp3) is 0.0556. The zero-order valence-corrected chi connectivity index (χ0v) is 14.2. The standard InChI is InChI=1S/C18H14F2N2O3S/c19-17(20)15-11-12-22(26(24,25)14-9-5-2-6-10-14)16(15)18(23)21-13-7-3-1-4-8-13/h1-12,17H,(H,21,23). The molecule has 0 bridgehead atoms. The molecule has 3 aromatic rings. The van der Waals surface area contributed by atoms with Crippen molar-refractivity contribution in [3.05, 3.63) is 84.2 Å². The molecule has 0 aliphatic carbocycles. The van der Waals surface area contributed by atoms with E-state index in [-0.39, 0.29) is 4.90 Å². The lowest BCUT2D eigenvalue weighted by atomic mass is 10.2. The lowest BCUT2D eigenvalue weighted by molar-refractivity contribution is 0.100. The molecule has 2 aromatic carbocycles. The number of rotatable bonds is 5. The lowest BCUT2D eigenvalue weighted by Crippen LogP contribution is -2.23. The number of anilines is 1. The summed E-state index contributed by atoms with van der Waals surface area (Å²) in [5.41, 5.74) is -0.909. The number of amides is 1. The van der Waals surface area contributed by atoms with Crippen LogP contribution in [0.3, 0.4) is 0 Å². The minimum atomic E-state index is -4.20. The minimum absolute atomic E-state index is 0.106. The Morgan fingerprint density at radius 3 is 2.08 bits per heavy atom. The predicted octanol–water partition coefficient (Wildman–Crippen LogP) is 3.92. The van der Waals surface area contributed by atoms with Gasteiger partial charge in [0.1, 0.15) is 5.69 Å². The van der Waals surface area contributed by atoms with E-state index in [0.717, 1.165) is 12.3 Å². The Morgan fingerprint density at radius 2 is 1.50 bits per heavy atom. The molecular weight excluding hydrogens is 362 g/mol. The minimum Gasteiger partial charge on any atom is -0.321 e. The summed E-state index contributed by atoms with van der Waals surface area (Å²) in [6.45, 7) is 0. The van der Waals surface area contributed by atoms with Gasteiger partial charge >= 0.3 is 0 Å². The molecule has 0 aliphatic heterocycles. The van der Waals surface area contributed by atoms with Crippen molar-refractivity contribution < 1.29 is 22.0 Å². The first kappa shape index (κ1) is 17.8. The van der Waals surface area contributed by atoms with Crippen LogP contribution in [0.25, 0.3) is 0 Å². The highest BCUT2D eigenvalue weighted by atomic mass is 32.2. The van der Waals surface area contributed by atoms with Crippen molar-refractivity contribution in [2.24, 2.45) is 0 Å². The Labute approximate surface area is 148 Å². The van der Waals surface area contributed by atoms with E-state index in [2.05, 4.69) is 5.32 Å². The summed E-state index contributed by atoms with van der Waals surface area (Å²) in [5.74, 6) is -0.934. The van der Waals surface area contributed by atoms with Gasteiger partial charge in [0.25, 0.3) is 22.4 Å².